The van der Waals surface area contributed by atoms with Gasteiger partial charge >= 0.3 is 0 Å². The van der Waals surface area contributed by atoms with Crippen LogP contribution < -0.4 is 10.1 Å². The zero-order valence-electron chi connectivity index (χ0n) is 14.5. The number of unbranched alkanes of at least 4 members (excludes halogenated alkanes) is 1. The Bertz CT molecular complexity index is 652. The highest BCUT2D eigenvalue weighted by Gasteiger charge is 2.14. The van der Waals surface area contributed by atoms with E-state index < -0.39 is 0 Å². The van der Waals surface area contributed by atoms with Crippen LogP contribution in [0.3, 0.4) is 0 Å². The molecule has 7 nitrogen and oxygen atoms in total. The van der Waals surface area contributed by atoms with Gasteiger partial charge in [-0.3, -0.25) is 4.79 Å². The van der Waals surface area contributed by atoms with Gasteiger partial charge in [0, 0.05) is 12.6 Å². The number of ether oxygens (including phenoxy) is 1. The van der Waals surface area contributed by atoms with E-state index in [2.05, 4.69) is 27.6 Å². The first kappa shape index (κ1) is 17.9. The summed E-state index contributed by atoms with van der Waals surface area (Å²) in [6.07, 6.45) is 3.90. The largest absolute Gasteiger partial charge is 0.472 e. The minimum Gasteiger partial charge on any atom is -0.472 e. The number of aromatic nitrogens is 3. The second-order valence-corrected chi connectivity index (χ2v) is 5.57. The van der Waals surface area contributed by atoms with Gasteiger partial charge in [-0.25, -0.2) is 0 Å². The van der Waals surface area contributed by atoms with Crippen LogP contribution in [-0.4, -0.2) is 27.8 Å². The van der Waals surface area contributed by atoms with Crippen molar-refractivity contribution in [3.8, 4) is 5.88 Å². The smallest absolute Gasteiger partial charge is 0.271 e. The summed E-state index contributed by atoms with van der Waals surface area (Å²) in [6, 6.07) is 3.24. The van der Waals surface area contributed by atoms with Gasteiger partial charge < -0.3 is 14.6 Å². The molecule has 2 rings (SSSR count). The predicted octanol–water partition coefficient (Wildman–Crippen LogP) is 2.83. The van der Waals surface area contributed by atoms with Crippen molar-refractivity contribution in [2.24, 2.45) is 0 Å². The number of carbonyl (C=O) groups is 1. The van der Waals surface area contributed by atoms with Crippen LogP contribution >= 0.6 is 0 Å². The Labute approximate surface area is 141 Å². The maximum Gasteiger partial charge on any atom is 0.271 e. The zero-order valence-corrected chi connectivity index (χ0v) is 14.5. The van der Waals surface area contributed by atoms with Gasteiger partial charge in [0.1, 0.15) is 12.4 Å². The molecular formula is C17H24N4O3. The van der Waals surface area contributed by atoms with Crippen molar-refractivity contribution in [1.29, 1.82) is 0 Å². The van der Waals surface area contributed by atoms with Crippen molar-refractivity contribution < 1.29 is 14.1 Å². The fourth-order valence-corrected chi connectivity index (χ4v) is 2.16. The average molecular weight is 332 g/mol. The van der Waals surface area contributed by atoms with Crippen molar-refractivity contribution in [3.05, 3.63) is 34.8 Å². The molecule has 0 aliphatic heterocycles. The fraction of sp³-hybridized carbons (Fsp3) is 0.529. The summed E-state index contributed by atoms with van der Waals surface area (Å²) in [6.45, 7) is 6.94. The van der Waals surface area contributed by atoms with E-state index in [1.807, 2.05) is 13.8 Å². The number of hydrogen-bond acceptors (Lipinski definition) is 6. The Morgan fingerprint density at radius 3 is 2.75 bits per heavy atom. The molecule has 0 radical (unpaired) electrons. The summed E-state index contributed by atoms with van der Waals surface area (Å²) in [5, 5.41) is 14.7. The minimum absolute atomic E-state index is 0.229. The second kappa shape index (κ2) is 9.00. The first-order valence-corrected chi connectivity index (χ1v) is 8.34. The van der Waals surface area contributed by atoms with Crippen LogP contribution in [0, 0.1) is 6.92 Å². The first-order chi connectivity index (χ1) is 11.7. The Balaban J connectivity index is 1.95. The Morgan fingerprint density at radius 1 is 1.25 bits per heavy atom. The minimum atomic E-state index is -0.229. The van der Waals surface area contributed by atoms with Crippen LogP contribution in [0.1, 0.15) is 60.6 Å². The Kier molecular flexibility index (Phi) is 6.72. The van der Waals surface area contributed by atoms with E-state index >= 15 is 0 Å². The number of nitrogens with zero attached hydrogens (tertiary/aromatic N) is 3. The van der Waals surface area contributed by atoms with Crippen LogP contribution in [0.15, 0.2) is 16.7 Å². The van der Waals surface area contributed by atoms with E-state index in [1.54, 1.807) is 12.1 Å². The summed E-state index contributed by atoms with van der Waals surface area (Å²) in [5.41, 5.74) is 2.16. The molecule has 0 aliphatic carbocycles. The standard InChI is InChI=1S/C17H24N4O3/c1-4-6-7-14-13(12(3)24-21-14)11-23-16-9-8-15(19-20-16)17(22)18-10-5-2/h8-9H,4-7,10-11H2,1-3H3,(H,18,22). The summed E-state index contributed by atoms with van der Waals surface area (Å²) >= 11 is 0. The molecule has 0 saturated carbocycles. The second-order valence-electron chi connectivity index (χ2n) is 5.57. The van der Waals surface area contributed by atoms with E-state index in [4.69, 9.17) is 9.26 Å². The van der Waals surface area contributed by atoms with Crippen molar-refractivity contribution >= 4 is 5.91 Å². The summed E-state index contributed by atoms with van der Waals surface area (Å²) in [5.74, 6) is 0.890. The van der Waals surface area contributed by atoms with E-state index in [1.165, 1.54) is 0 Å². The van der Waals surface area contributed by atoms with Gasteiger partial charge in [-0.1, -0.05) is 25.4 Å². The number of carbonyl (C=O) groups excluding carboxylic acids is 1. The predicted molar refractivity (Wildman–Crippen MR) is 88.8 cm³/mol. The van der Waals surface area contributed by atoms with Gasteiger partial charge in [0.15, 0.2) is 5.69 Å². The van der Waals surface area contributed by atoms with Crippen molar-refractivity contribution in [1.82, 2.24) is 20.7 Å². The monoisotopic (exact) mass is 332 g/mol. The molecule has 7 heteroatoms. The summed E-state index contributed by atoms with van der Waals surface area (Å²) < 4.78 is 10.9. The van der Waals surface area contributed by atoms with Crippen LogP contribution in [0.4, 0.5) is 0 Å². The maximum absolute atomic E-state index is 11.8. The normalized spacial score (nSPS) is 10.6. The molecule has 2 heterocycles. The zero-order chi connectivity index (χ0) is 17.4. The molecular weight excluding hydrogens is 308 g/mol. The molecule has 0 unspecified atom stereocenters. The Morgan fingerprint density at radius 2 is 2.08 bits per heavy atom. The molecule has 0 spiro atoms. The third-order valence-corrected chi connectivity index (χ3v) is 3.61. The lowest BCUT2D eigenvalue weighted by Crippen LogP contribution is -2.25. The summed E-state index contributed by atoms with van der Waals surface area (Å²) in [7, 11) is 0. The van der Waals surface area contributed by atoms with Crippen LogP contribution in [0.25, 0.3) is 0 Å². The number of aryl methyl sites for hydroxylation is 2. The molecule has 130 valence electrons. The molecule has 0 fully saturated rings. The molecule has 0 saturated heterocycles. The highest BCUT2D eigenvalue weighted by atomic mass is 16.5. The lowest BCUT2D eigenvalue weighted by Gasteiger charge is -2.06. The van der Waals surface area contributed by atoms with Gasteiger partial charge in [0.25, 0.3) is 5.91 Å². The third kappa shape index (κ3) is 4.78. The van der Waals surface area contributed by atoms with Gasteiger partial charge in [-0.15, -0.1) is 10.2 Å². The molecule has 0 bridgehead atoms. The van der Waals surface area contributed by atoms with E-state index in [0.717, 1.165) is 42.7 Å². The van der Waals surface area contributed by atoms with Crippen LogP contribution in [-0.2, 0) is 13.0 Å². The molecule has 1 N–H and O–H groups in total. The topological polar surface area (TPSA) is 90.1 Å². The quantitative estimate of drug-likeness (QED) is 0.759. The first-order valence-electron chi connectivity index (χ1n) is 8.34. The number of nitrogens with one attached hydrogen (secondary N) is 1. The van der Waals surface area contributed by atoms with E-state index in [-0.39, 0.29) is 11.6 Å². The average Bonchev–Trinajstić information content (AvgIpc) is 2.96. The molecule has 2 aromatic heterocycles. The van der Waals surface area contributed by atoms with Gasteiger partial charge in [-0.05, 0) is 32.3 Å². The molecule has 1 amide bonds. The highest BCUT2D eigenvalue weighted by Crippen LogP contribution is 2.18. The molecule has 0 aliphatic rings. The third-order valence-electron chi connectivity index (χ3n) is 3.61. The number of amides is 1. The van der Waals surface area contributed by atoms with Crippen molar-refractivity contribution in [2.75, 3.05) is 6.54 Å². The maximum atomic E-state index is 11.8. The van der Waals surface area contributed by atoms with Gasteiger partial charge in [0.05, 0.1) is 11.3 Å². The Hall–Kier alpha value is -2.44. The van der Waals surface area contributed by atoms with Crippen LogP contribution in [0.2, 0.25) is 0 Å². The van der Waals surface area contributed by atoms with Gasteiger partial charge in [-0.2, -0.15) is 0 Å². The molecule has 2 aromatic rings. The van der Waals surface area contributed by atoms with Crippen molar-refractivity contribution in [3.63, 3.8) is 0 Å². The van der Waals surface area contributed by atoms with Crippen LogP contribution in [0.5, 0.6) is 5.88 Å². The lowest BCUT2D eigenvalue weighted by molar-refractivity contribution is 0.0947. The highest BCUT2D eigenvalue weighted by molar-refractivity contribution is 5.92. The van der Waals surface area contributed by atoms with E-state index in [9.17, 15) is 4.79 Å². The molecule has 24 heavy (non-hydrogen) atoms. The molecule has 0 atom stereocenters. The van der Waals surface area contributed by atoms with Crippen molar-refractivity contribution in [2.45, 2.75) is 53.1 Å². The van der Waals surface area contributed by atoms with E-state index in [0.29, 0.717) is 19.0 Å². The lowest BCUT2D eigenvalue weighted by atomic mass is 10.1. The summed E-state index contributed by atoms with van der Waals surface area (Å²) in [4.78, 5) is 11.8. The number of hydrogen-bond donors (Lipinski definition) is 1. The fourth-order valence-electron chi connectivity index (χ4n) is 2.16. The SMILES string of the molecule is CCCCc1noc(C)c1COc1ccc(C(=O)NCCC)nn1. The molecule has 0 aromatic carbocycles. The number of rotatable bonds is 9. The van der Waals surface area contributed by atoms with Gasteiger partial charge in [0.2, 0.25) is 5.88 Å².